The summed E-state index contributed by atoms with van der Waals surface area (Å²) in [6.45, 7) is 1.61. The van der Waals surface area contributed by atoms with E-state index in [1.165, 1.54) is 24.4 Å². The first-order chi connectivity index (χ1) is 14.2. The number of amides is 1. The van der Waals surface area contributed by atoms with E-state index in [9.17, 15) is 36.2 Å². The number of aliphatic hydroxyl groups is 1. The van der Waals surface area contributed by atoms with E-state index in [0.717, 1.165) is 11.4 Å². The monoisotopic (exact) mass is 447 g/mol. The SMILES string of the molecule is Cc1ccc(N(C)C(=O)C(O)C(F)(F)F)cc1-c1cnc2c(N)nc(C(F)(F)F)cn12. The van der Waals surface area contributed by atoms with Crippen LogP contribution in [-0.2, 0) is 11.0 Å². The topological polar surface area (TPSA) is 96.8 Å². The first-order valence-corrected chi connectivity index (χ1v) is 8.56. The number of imidazole rings is 1. The van der Waals surface area contributed by atoms with Crippen LogP contribution in [0.3, 0.4) is 0 Å². The lowest BCUT2D eigenvalue weighted by Crippen LogP contribution is -2.45. The molecule has 0 fully saturated rings. The zero-order valence-corrected chi connectivity index (χ0v) is 16.0. The third-order valence-corrected chi connectivity index (χ3v) is 4.57. The van der Waals surface area contributed by atoms with Crippen LogP contribution >= 0.6 is 0 Å². The number of rotatable bonds is 3. The average molecular weight is 447 g/mol. The lowest BCUT2D eigenvalue weighted by molar-refractivity contribution is -0.203. The number of carbonyl (C=O) groups is 1. The molecule has 0 spiro atoms. The second-order valence-electron chi connectivity index (χ2n) is 6.69. The van der Waals surface area contributed by atoms with Crippen LogP contribution in [0.1, 0.15) is 11.3 Å². The number of hydrogen-bond acceptors (Lipinski definition) is 5. The van der Waals surface area contributed by atoms with Gasteiger partial charge in [-0.2, -0.15) is 26.3 Å². The fraction of sp³-hybridized carbons (Fsp3) is 0.278. The van der Waals surface area contributed by atoms with Crippen molar-refractivity contribution in [2.45, 2.75) is 25.4 Å². The standard InChI is InChI=1S/C18H15F6N5O2/c1-8-3-4-9(28(2)16(31)13(30)18(22,23)24)5-10(8)11-6-26-15-14(25)27-12(7-29(11)15)17(19,20)21/h3-7,13,30H,1-2H3,(H2,25,27). The number of nitrogens with two attached hydrogens (primary N) is 1. The first-order valence-electron chi connectivity index (χ1n) is 8.56. The van der Waals surface area contributed by atoms with Gasteiger partial charge in [0.2, 0.25) is 6.10 Å². The van der Waals surface area contributed by atoms with Crippen molar-refractivity contribution < 1.29 is 36.2 Å². The maximum atomic E-state index is 13.1. The van der Waals surface area contributed by atoms with Crippen LogP contribution in [-0.4, -0.2) is 44.7 Å². The smallest absolute Gasteiger partial charge is 0.381 e. The molecule has 0 aliphatic rings. The van der Waals surface area contributed by atoms with Crippen molar-refractivity contribution in [1.29, 1.82) is 0 Å². The van der Waals surface area contributed by atoms with Gasteiger partial charge in [-0.05, 0) is 24.6 Å². The third kappa shape index (κ3) is 4.13. The number of halogens is 6. The molecule has 0 aliphatic heterocycles. The first kappa shape index (κ1) is 22.3. The summed E-state index contributed by atoms with van der Waals surface area (Å²) < 4.78 is 78.5. The summed E-state index contributed by atoms with van der Waals surface area (Å²) in [6, 6.07) is 4.09. The van der Waals surface area contributed by atoms with Gasteiger partial charge in [0.1, 0.15) is 0 Å². The van der Waals surface area contributed by atoms with Gasteiger partial charge in [-0.25, -0.2) is 9.97 Å². The number of carbonyl (C=O) groups excluding carboxylic acids is 1. The van der Waals surface area contributed by atoms with E-state index >= 15 is 0 Å². The minimum atomic E-state index is -5.15. The van der Waals surface area contributed by atoms with Gasteiger partial charge in [0.15, 0.2) is 17.2 Å². The molecule has 166 valence electrons. The molecular formula is C18H15F6N5O2. The molecule has 1 amide bonds. The van der Waals surface area contributed by atoms with E-state index in [2.05, 4.69) is 9.97 Å². The summed E-state index contributed by atoms with van der Waals surface area (Å²) in [7, 11) is 1.03. The van der Waals surface area contributed by atoms with Crippen molar-refractivity contribution in [1.82, 2.24) is 14.4 Å². The van der Waals surface area contributed by atoms with Crippen LogP contribution in [0.25, 0.3) is 16.9 Å². The molecule has 0 saturated heterocycles. The predicted molar refractivity (Wildman–Crippen MR) is 98.0 cm³/mol. The number of aromatic nitrogens is 3. The Kier molecular flexibility index (Phi) is 5.34. The molecule has 1 unspecified atom stereocenters. The molecule has 3 rings (SSSR count). The molecule has 0 bridgehead atoms. The Morgan fingerprint density at radius 1 is 1.23 bits per heavy atom. The molecule has 13 heteroatoms. The van der Waals surface area contributed by atoms with Gasteiger partial charge >= 0.3 is 12.4 Å². The summed E-state index contributed by atoms with van der Waals surface area (Å²) >= 11 is 0. The number of aryl methyl sites for hydroxylation is 1. The molecule has 0 radical (unpaired) electrons. The lowest BCUT2D eigenvalue weighted by Gasteiger charge is -2.23. The fourth-order valence-electron chi connectivity index (χ4n) is 2.89. The van der Waals surface area contributed by atoms with E-state index in [1.807, 2.05) is 0 Å². The van der Waals surface area contributed by atoms with Crippen LogP contribution in [0.5, 0.6) is 0 Å². The second kappa shape index (κ2) is 7.41. The number of anilines is 2. The number of fused-ring (bicyclic) bond motifs is 1. The third-order valence-electron chi connectivity index (χ3n) is 4.57. The van der Waals surface area contributed by atoms with Crippen LogP contribution in [0.4, 0.5) is 37.8 Å². The van der Waals surface area contributed by atoms with Gasteiger partial charge in [0.05, 0.1) is 11.9 Å². The van der Waals surface area contributed by atoms with Crippen molar-refractivity contribution in [2.24, 2.45) is 0 Å². The number of nitrogen functional groups attached to an aromatic ring is 1. The van der Waals surface area contributed by atoms with Crippen molar-refractivity contribution in [3.63, 3.8) is 0 Å². The summed E-state index contributed by atoms with van der Waals surface area (Å²) in [5, 5.41) is 9.21. The highest BCUT2D eigenvalue weighted by Gasteiger charge is 2.45. The number of alkyl halides is 6. The number of aliphatic hydroxyl groups excluding tert-OH is 1. The minimum absolute atomic E-state index is 0.0260. The highest BCUT2D eigenvalue weighted by molar-refractivity contribution is 5.97. The highest BCUT2D eigenvalue weighted by atomic mass is 19.4. The zero-order valence-electron chi connectivity index (χ0n) is 16.0. The van der Waals surface area contributed by atoms with Crippen LogP contribution in [0, 0.1) is 6.92 Å². The van der Waals surface area contributed by atoms with E-state index in [1.54, 1.807) is 6.92 Å². The predicted octanol–water partition coefficient (Wildman–Crippen LogP) is 3.19. The van der Waals surface area contributed by atoms with Crippen molar-refractivity contribution in [2.75, 3.05) is 17.7 Å². The molecule has 1 aromatic carbocycles. The summed E-state index contributed by atoms with van der Waals surface area (Å²) in [5.74, 6) is -2.08. The Morgan fingerprint density at radius 3 is 2.45 bits per heavy atom. The Morgan fingerprint density at radius 2 is 1.87 bits per heavy atom. The van der Waals surface area contributed by atoms with Gasteiger partial charge < -0.3 is 15.7 Å². The van der Waals surface area contributed by atoms with Crippen molar-refractivity contribution in [3.8, 4) is 11.3 Å². The molecule has 7 nitrogen and oxygen atoms in total. The molecule has 1 atom stereocenters. The Bertz CT molecular complexity index is 1150. The van der Waals surface area contributed by atoms with Gasteiger partial charge in [-0.15, -0.1) is 0 Å². The minimum Gasteiger partial charge on any atom is -0.381 e. The van der Waals surface area contributed by atoms with E-state index in [0.29, 0.717) is 16.7 Å². The Balaban J connectivity index is 2.12. The Hall–Kier alpha value is -3.35. The van der Waals surface area contributed by atoms with Gasteiger partial charge in [0.25, 0.3) is 5.91 Å². The highest BCUT2D eigenvalue weighted by Crippen LogP contribution is 2.33. The molecule has 2 aromatic heterocycles. The van der Waals surface area contributed by atoms with Gasteiger partial charge in [0, 0.05) is 24.5 Å². The molecule has 0 aliphatic carbocycles. The van der Waals surface area contributed by atoms with Crippen molar-refractivity contribution in [3.05, 3.63) is 41.9 Å². The maximum Gasteiger partial charge on any atom is 0.434 e. The Labute approximate surface area is 170 Å². The molecular weight excluding hydrogens is 432 g/mol. The van der Waals surface area contributed by atoms with Gasteiger partial charge in [-0.1, -0.05) is 6.07 Å². The number of hydrogen-bond donors (Lipinski definition) is 2. The average Bonchev–Trinajstić information content (AvgIpc) is 3.09. The second-order valence-corrected chi connectivity index (χ2v) is 6.69. The summed E-state index contributed by atoms with van der Waals surface area (Å²) in [5.41, 5.74) is 5.22. The van der Waals surface area contributed by atoms with Gasteiger partial charge in [-0.3, -0.25) is 9.20 Å². The number of nitrogens with zero attached hydrogens (tertiary/aromatic N) is 4. The van der Waals surface area contributed by atoms with E-state index in [-0.39, 0.29) is 22.6 Å². The van der Waals surface area contributed by atoms with E-state index < -0.39 is 35.9 Å². The van der Waals surface area contributed by atoms with Crippen molar-refractivity contribution >= 4 is 23.1 Å². The van der Waals surface area contributed by atoms with Crippen LogP contribution in [0.2, 0.25) is 0 Å². The lowest BCUT2D eigenvalue weighted by atomic mass is 10.0. The normalized spacial score (nSPS) is 13.5. The largest absolute Gasteiger partial charge is 0.434 e. The molecule has 31 heavy (non-hydrogen) atoms. The quantitative estimate of drug-likeness (QED) is 0.602. The number of likely N-dealkylation sites (N-methyl/N-ethyl adjacent to an activating group) is 1. The van der Waals surface area contributed by atoms with Crippen LogP contribution in [0.15, 0.2) is 30.6 Å². The molecule has 3 aromatic rings. The fourth-order valence-corrected chi connectivity index (χ4v) is 2.89. The number of benzene rings is 1. The van der Waals surface area contributed by atoms with Crippen LogP contribution < -0.4 is 10.6 Å². The van der Waals surface area contributed by atoms with E-state index in [4.69, 9.17) is 5.73 Å². The summed E-state index contributed by atoms with van der Waals surface area (Å²) in [4.78, 5) is 19.8. The maximum absolute atomic E-state index is 13.1. The zero-order chi connectivity index (χ0) is 23.3. The summed E-state index contributed by atoms with van der Waals surface area (Å²) in [6.07, 6.45) is -11.2. The molecule has 0 saturated carbocycles. The molecule has 3 N–H and O–H groups in total. The molecule has 2 heterocycles.